The van der Waals surface area contributed by atoms with Crippen LogP contribution in [0.25, 0.3) is 39.3 Å². The van der Waals surface area contributed by atoms with Gasteiger partial charge in [0.25, 0.3) is 5.91 Å². The lowest BCUT2D eigenvalue weighted by Crippen LogP contribution is -2.23. The molecule has 0 fully saturated rings. The SMILES string of the molecule is C.C.C.COC(CN)OC.Cc1cccc(C)c1-c1cccc(C(C)C)c1-n1ccnc1-c1ccccc1.Cc1cccc(C)c1-c1cccc(C(C)C)c1NC(=O)c1ccccc1. The molecule has 0 aliphatic carbocycles. The molecule has 7 nitrogen and oxygen atoms in total. The van der Waals surface area contributed by atoms with Gasteiger partial charge in [0.2, 0.25) is 0 Å². The second-order valence-corrected chi connectivity index (χ2v) is 15.8. The van der Waals surface area contributed by atoms with Crippen LogP contribution < -0.4 is 11.1 Å². The fourth-order valence-corrected chi connectivity index (χ4v) is 7.72. The highest BCUT2D eigenvalue weighted by Gasteiger charge is 2.21. The van der Waals surface area contributed by atoms with Gasteiger partial charge in [0, 0.05) is 55.4 Å². The van der Waals surface area contributed by atoms with E-state index in [4.69, 9.17) is 20.2 Å². The molecule has 0 unspecified atom stereocenters. The summed E-state index contributed by atoms with van der Waals surface area (Å²) in [5.41, 5.74) is 21.4. The summed E-state index contributed by atoms with van der Waals surface area (Å²) in [6.07, 6.45) is 3.74. The van der Waals surface area contributed by atoms with E-state index in [-0.39, 0.29) is 34.5 Å². The van der Waals surface area contributed by atoms with Crippen molar-refractivity contribution in [3.05, 3.63) is 185 Å². The zero-order chi connectivity index (χ0) is 44.1. The summed E-state index contributed by atoms with van der Waals surface area (Å²) in [7, 11) is 3.11. The summed E-state index contributed by atoms with van der Waals surface area (Å²) in [4.78, 5) is 17.5. The minimum absolute atomic E-state index is 0. The van der Waals surface area contributed by atoms with E-state index in [1.54, 1.807) is 14.2 Å². The molecule has 340 valence electrons. The number of aromatic nitrogens is 2. The van der Waals surface area contributed by atoms with E-state index in [1.807, 2.05) is 42.6 Å². The minimum Gasteiger partial charge on any atom is -0.355 e. The molecule has 1 heterocycles. The molecule has 0 aliphatic rings. The van der Waals surface area contributed by atoms with Crippen molar-refractivity contribution in [2.24, 2.45) is 5.73 Å². The smallest absolute Gasteiger partial charge is 0.255 e. The van der Waals surface area contributed by atoms with Crippen molar-refractivity contribution < 1.29 is 14.3 Å². The highest BCUT2D eigenvalue weighted by molar-refractivity contribution is 6.07. The maximum atomic E-state index is 12.8. The molecule has 7 aromatic rings. The van der Waals surface area contributed by atoms with Crippen LogP contribution in [0.5, 0.6) is 0 Å². The van der Waals surface area contributed by atoms with Gasteiger partial charge in [0.05, 0.1) is 11.4 Å². The number of amides is 1. The van der Waals surface area contributed by atoms with Gasteiger partial charge in [-0.25, -0.2) is 4.98 Å². The quantitative estimate of drug-likeness (QED) is 0.126. The van der Waals surface area contributed by atoms with E-state index in [0.29, 0.717) is 23.9 Å². The third-order valence-corrected chi connectivity index (χ3v) is 10.8. The lowest BCUT2D eigenvalue weighted by atomic mass is 9.90. The van der Waals surface area contributed by atoms with Crippen molar-refractivity contribution in [3.8, 4) is 39.3 Å². The third kappa shape index (κ3) is 13.0. The van der Waals surface area contributed by atoms with Crippen molar-refractivity contribution in [2.75, 3.05) is 26.1 Å². The number of hydrogen-bond acceptors (Lipinski definition) is 5. The van der Waals surface area contributed by atoms with Gasteiger partial charge in [-0.15, -0.1) is 0 Å². The Labute approximate surface area is 385 Å². The van der Waals surface area contributed by atoms with Gasteiger partial charge in [-0.3, -0.25) is 9.36 Å². The summed E-state index contributed by atoms with van der Waals surface area (Å²) < 4.78 is 11.7. The number of methoxy groups -OCH3 is 2. The number of aryl methyl sites for hydroxylation is 4. The molecule has 6 aromatic carbocycles. The first kappa shape index (κ1) is 54.0. The van der Waals surface area contributed by atoms with Crippen molar-refractivity contribution in [1.82, 2.24) is 9.55 Å². The van der Waals surface area contributed by atoms with Gasteiger partial charge >= 0.3 is 0 Å². The van der Waals surface area contributed by atoms with Crippen LogP contribution >= 0.6 is 0 Å². The second-order valence-electron chi connectivity index (χ2n) is 15.8. The molecule has 64 heavy (non-hydrogen) atoms. The Kier molecular flexibility index (Phi) is 21.8. The lowest BCUT2D eigenvalue weighted by Gasteiger charge is -2.22. The second kappa shape index (κ2) is 25.9. The Morgan fingerprint density at radius 1 is 0.609 bits per heavy atom. The first-order chi connectivity index (χ1) is 29.4. The van der Waals surface area contributed by atoms with Gasteiger partial charge < -0.3 is 20.5 Å². The van der Waals surface area contributed by atoms with Crippen molar-refractivity contribution >= 4 is 11.6 Å². The molecular formula is C57H74N4O3. The summed E-state index contributed by atoms with van der Waals surface area (Å²) in [5, 5.41) is 3.19. The molecule has 0 spiro atoms. The van der Waals surface area contributed by atoms with Crippen LogP contribution in [-0.4, -0.2) is 42.5 Å². The van der Waals surface area contributed by atoms with E-state index in [2.05, 4.69) is 169 Å². The highest BCUT2D eigenvalue weighted by atomic mass is 16.7. The Morgan fingerprint density at radius 3 is 1.53 bits per heavy atom. The molecule has 0 saturated carbocycles. The van der Waals surface area contributed by atoms with Crippen molar-refractivity contribution in [3.63, 3.8) is 0 Å². The molecule has 0 bridgehead atoms. The Hall–Kier alpha value is -6.12. The van der Waals surface area contributed by atoms with Crippen molar-refractivity contribution in [1.29, 1.82) is 0 Å². The number of rotatable bonds is 11. The molecule has 7 heteroatoms. The number of nitrogens with two attached hydrogens (primary N) is 1. The summed E-state index contributed by atoms with van der Waals surface area (Å²) in [5.74, 6) is 1.61. The summed E-state index contributed by atoms with van der Waals surface area (Å²) in [6, 6.07) is 45.5. The van der Waals surface area contributed by atoms with Crippen molar-refractivity contribution in [2.45, 2.75) is 95.8 Å². The van der Waals surface area contributed by atoms with Crippen LogP contribution in [0.3, 0.4) is 0 Å². The monoisotopic (exact) mass is 863 g/mol. The number of para-hydroxylation sites is 2. The molecule has 0 aliphatic heterocycles. The zero-order valence-electron chi connectivity index (χ0n) is 37.5. The molecule has 0 radical (unpaired) electrons. The maximum absolute atomic E-state index is 12.8. The van der Waals surface area contributed by atoms with Gasteiger partial charge in [-0.1, -0.05) is 171 Å². The Balaban J connectivity index is 0.000000369. The topological polar surface area (TPSA) is 91.4 Å². The fourth-order valence-electron chi connectivity index (χ4n) is 7.72. The molecule has 1 aromatic heterocycles. The third-order valence-electron chi connectivity index (χ3n) is 10.8. The van der Waals surface area contributed by atoms with E-state index >= 15 is 0 Å². The lowest BCUT2D eigenvalue weighted by molar-refractivity contribution is -0.0940. The molecule has 0 saturated heterocycles. The molecular weight excluding hydrogens is 789 g/mol. The maximum Gasteiger partial charge on any atom is 0.255 e. The molecule has 0 atom stereocenters. The number of nitrogens with one attached hydrogen (secondary N) is 1. The number of benzene rings is 6. The predicted molar refractivity (Wildman–Crippen MR) is 275 cm³/mol. The zero-order valence-corrected chi connectivity index (χ0v) is 37.5. The van der Waals surface area contributed by atoms with Gasteiger partial charge in [-0.05, 0) is 96.2 Å². The molecule has 3 N–H and O–H groups in total. The van der Waals surface area contributed by atoms with E-state index in [0.717, 1.165) is 28.2 Å². The van der Waals surface area contributed by atoms with E-state index < -0.39 is 0 Å². The average Bonchev–Trinajstić information content (AvgIpc) is 3.75. The number of imidazole rings is 1. The largest absolute Gasteiger partial charge is 0.355 e. The van der Waals surface area contributed by atoms with Crippen LogP contribution in [0.1, 0.15) is 106 Å². The number of ether oxygens (including phenoxy) is 2. The van der Waals surface area contributed by atoms with Crippen LogP contribution in [0.15, 0.2) is 146 Å². The van der Waals surface area contributed by atoms with Crippen LogP contribution in [0.4, 0.5) is 5.69 Å². The Bertz CT molecular complexity index is 2440. The number of anilines is 1. The van der Waals surface area contributed by atoms with Crippen LogP contribution in [0.2, 0.25) is 0 Å². The normalized spacial score (nSPS) is 10.4. The molecule has 1 amide bonds. The predicted octanol–water partition coefficient (Wildman–Crippen LogP) is 14.8. The van der Waals surface area contributed by atoms with Crippen LogP contribution in [0, 0.1) is 27.7 Å². The number of hydrogen-bond donors (Lipinski definition) is 2. The Morgan fingerprint density at radius 2 is 1.06 bits per heavy atom. The fraction of sp³-hybridized carbons (Fsp3) is 0.298. The van der Waals surface area contributed by atoms with Gasteiger partial charge in [-0.2, -0.15) is 0 Å². The number of carbonyl (C=O) groups is 1. The number of carbonyl (C=O) groups excluding carboxylic acids is 1. The average molecular weight is 863 g/mol. The first-order valence-electron chi connectivity index (χ1n) is 21.0. The summed E-state index contributed by atoms with van der Waals surface area (Å²) in [6.45, 7) is 17.9. The first-order valence-corrected chi connectivity index (χ1v) is 21.0. The van der Waals surface area contributed by atoms with Gasteiger partial charge in [0.15, 0.2) is 6.29 Å². The van der Waals surface area contributed by atoms with E-state index in [1.165, 1.54) is 50.2 Å². The standard InChI is InChI=1S/C26H26N2.C24H25NO.C4H11NO2.3CH4/c1-18(2)22-14-9-15-23(24-19(3)10-8-11-20(24)4)25(22)28-17-16-27-26(28)21-12-6-5-7-13-21;1-16(2)20-14-9-15-21(22-17(3)10-8-11-18(22)4)23(20)25-24(26)19-12-6-5-7-13-19;1-6-4(3-5)7-2;;;/h5-18H,1-4H3;5-16H,1-4H3,(H,25,26);4H,3,5H2,1-2H3;3*1H4. The van der Waals surface area contributed by atoms with E-state index in [9.17, 15) is 4.79 Å². The summed E-state index contributed by atoms with van der Waals surface area (Å²) >= 11 is 0. The number of nitrogens with zero attached hydrogens (tertiary/aromatic N) is 2. The molecule has 7 rings (SSSR count). The minimum atomic E-state index is -0.236. The van der Waals surface area contributed by atoms with Crippen LogP contribution in [-0.2, 0) is 9.47 Å². The highest BCUT2D eigenvalue weighted by Crippen LogP contribution is 2.40. The van der Waals surface area contributed by atoms with Gasteiger partial charge in [0.1, 0.15) is 5.82 Å².